The summed E-state index contributed by atoms with van der Waals surface area (Å²) in [5.41, 5.74) is 0.795. The number of hydrogen-bond acceptors (Lipinski definition) is 8. The van der Waals surface area contributed by atoms with Crippen molar-refractivity contribution in [1.29, 1.82) is 0 Å². The Bertz CT molecular complexity index is 982. The van der Waals surface area contributed by atoms with Gasteiger partial charge in [0, 0.05) is 11.6 Å². The van der Waals surface area contributed by atoms with Crippen LogP contribution in [-0.4, -0.2) is 34.1 Å². The molecule has 0 radical (unpaired) electrons. The second kappa shape index (κ2) is 7.12. The summed E-state index contributed by atoms with van der Waals surface area (Å²) in [5.74, 6) is -0.723. The Morgan fingerprint density at radius 2 is 2.04 bits per heavy atom. The molecule has 0 spiro atoms. The number of fused-ring (bicyclic) bond motifs is 1. The van der Waals surface area contributed by atoms with Crippen LogP contribution < -0.4 is 10.0 Å². The van der Waals surface area contributed by atoms with Gasteiger partial charge in [-0.1, -0.05) is 19.9 Å². The van der Waals surface area contributed by atoms with Gasteiger partial charge in [-0.25, -0.2) is 13.4 Å². The van der Waals surface area contributed by atoms with Gasteiger partial charge in [-0.05, 0) is 18.1 Å². The van der Waals surface area contributed by atoms with E-state index in [0.29, 0.717) is 16.2 Å². The third-order valence-corrected chi connectivity index (χ3v) is 6.14. The molecule has 132 valence electrons. The fraction of sp³-hybridized carbons (Fsp3) is 0.286. The number of nitrogens with one attached hydrogen (secondary N) is 2. The molecule has 0 aliphatic heterocycles. The van der Waals surface area contributed by atoms with Crippen LogP contribution in [0.1, 0.15) is 13.8 Å². The minimum Gasteiger partial charge on any atom is -0.301 e. The quantitative estimate of drug-likeness (QED) is 0.658. The van der Waals surface area contributed by atoms with Crippen LogP contribution in [0.5, 0.6) is 0 Å². The summed E-state index contributed by atoms with van der Waals surface area (Å²) in [6.45, 7) is 3.53. The highest BCUT2D eigenvalue weighted by Gasteiger charge is 2.30. The molecule has 11 heteroatoms. The number of nitrogens with zero attached hydrogens (tertiary/aromatic N) is 3. The van der Waals surface area contributed by atoms with Gasteiger partial charge in [0.1, 0.15) is 22.0 Å². The first-order valence-electron chi connectivity index (χ1n) is 7.32. The number of amides is 1. The van der Waals surface area contributed by atoms with Crippen molar-refractivity contribution in [3.8, 4) is 0 Å². The first kappa shape index (κ1) is 17.9. The minimum absolute atomic E-state index is 0.00597. The van der Waals surface area contributed by atoms with E-state index in [2.05, 4.69) is 23.8 Å². The van der Waals surface area contributed by atoms with Crippen LogP contribution in [0.25, 0.3) is 11.0 Å². The maximum Gasteiger partial charge on any atom is 0.244 e. The van der Waals surface area contributed by atoms with E-state index in [1.165, 1.54) is 17.4 Å². The lowest BCUT2D eigenvalue weighted by Gasteiger charge is -2.21. The molecule has 3 rings (SSSR count). The fourth-order valence-electron chi connectivity index (χ4n) is 2.19. The largest absolute Gasteiger partial charge is 0.301 e. The number of carbonyl (C=O) groups excluding carboxylic acids is 1. The smallest absolute Gasteiger partial charge is 0.244 e. The lowest BCUT2D eigenvalue weighted by molar-refractivity contribution is -0.118. The maximum atomic E-state index is 12.8. The van der Waals surface area contributed by atoms with Crippen LogP contribution in [0.15, 0.2) is 34.7 Å². The van der Waals surface area contributed by atoms with Crippen molar-refractivity contribution >= 4 is 55.2 Å². The van der Waals surface area contributed by atoms with Crippen LogP contribution >= 0.6 is 23.1 Å². The SMILES string of the molecule is CC(C)[C@H](NS(=O)(=O)c1cccc2nsnc12)C(=O)Nc1nccs1. The van der Waals surface area contributed by atoms with Crippen molar-refractivity contribution in [2.45, 2.75) is 24.8 Å². The van der Waals surface area contributed by atoms with E-state index in [1.807, 2.05) is 0 Å². The zero-order chi connectivity index (χ0) is 18.0. The summed E-state index contributed by atoms with van der Waals surface area (Å²) < 4.78 is 36.2. The van der Waals surface area contributed by atoms with Crippen molar-refractivity contribution in [2.24, 2.45) is 5.92 Å². The third-order valence-electron chi connectivity index (χ3n) is 3.43. The van der Waals surface area contributed by atoms with Crippen molar-refractivity contribution in [3.05, 3.63) is 29.8 Å². The molecule has 8 nitrogen and oxygen atoms in total. The van der Waals surface area contributed by atoms with Crippen LogP contribution in [-0.2, 0) is 14.8 Å². The summed E-state index contributed by atoms with van der Waals surface area (Å²) in [6.07, 6.45) is 1.56. The molecule has 0 saturated carbocycles. The van der Waals surface area contributed by atoms with Gasteiger partial charge >= 0.3 is 0 Å². The first-order valence-corrected chi connectivity index (χ1v) is 10.4. The second-order valence-electron chi connectivity index (χ2n) is 5.56. The van der Waals surface area contributed by atoms with Gasteiger partial charge in [-0.3, -0.25) is 4.79 Å². The van der Waals surface area contributed by atoms with Gasteiger partial charge in [0.25, 0.3) is 0 Å². The van der Waals surface area contributed by atoms with Gasteiger partial charge in [0.05, 0.1) is 11.7 Å². The normalized spacial score (nSPS) is 13.2. The van der Waals surface area contributed by atoms with E-state index < -0.39 is 22.0 Å². The Hall–Kier alpha value is -1.95. The summed E-state index contributed by atoms with van der Waals surface area (Å²) in [6, 6.07) is 3.78. The second-order valence-corrected chi connectivity index (χ2v) is 8.66. The Labute approximate surface area is 152 Å². The molecule has 0 bridgehead atoms. The van der Waals surface area contributed by atoms with E-state index in [-0.39, 0.29) is 10.8 Å². The maximum absolute atomic E-state index is 12.8. The monoisotopic (exact) mass is 397 g/mol. The Morgan fingerprint density at radius 1 is 1.24 bits per heavy atom. The molecule has 25 heavy (non-hydrogen) atoms. The van der Waals surface area contributed by atoms with E-state index in [0.717, 1.165) is 11.7 Å². The molecular formula is C14H15N5O3S3. The molecule has 1 aromatic carbocycles. The number of anilines is 1. The highest BCUT2D eigenvalue weighted by Crippen LogP contribution is 2.22. The number of rotatable bonds is 6. The van der Waals surface area contributed by atoms with Gasteiger partial charge in [-0.15, -0.1) is 11.3 Å². The molecule has 0 aliphatic rings. The zero-order valence-electron chi connectivity index (χ0n) is 13.3. The predicted molar refractivity (Wildman–Crippen MR) is 97.1 cm³/mol. The van der Waals surface area contributed by atoms with E-state index >= 15 is 0 Å². The number of aromatic nitrogens is 3. The van der Waals surface area contributed by atoms with Crippen molar-refractivity contribution in [1.82, 2.24) is 18.5 Å². The van der Waals surface area contributed by atoms with Gasteiger partial charge < -0.3 is 5.32 Å². The lowest BCUT2D eigenvalue weighted by Crippen LogP contribution is -2.47. The van der Waals surface area contributed by atoms with E-state index in [9.17, 15) is 13.2 Å². The number of hydrogen-bond donors (Lipinski definition) is 2. The molecule has 0 saturated heterocycles. The topological polar surface area (TPSA) is 114 Å². The zero-order valence-corrected chi connectivity index (χ0v) is 15.8. The highest BCUT2D eigenvalue weighted by molar-refractivity contribution is 7.89. The van der Waals surface area contributed by atoms with Gasteiger partial charge in [0.2, 0.25) is 15.9 Å². The fourth-order valence-corrected chi connectivity index (χ4v) is 4.83. The van der Waals surface area contributed by atoms with E-state index in [1.54, 1.807) is 37.6 Å². The van der Waals surface area contributed by atoms with Crippen LogP contribution in [0.2, 0.25) is 0 Å². The number of sulfonamides is 1. The molecule has 2 N–H and O–H groups in total. The number of benzene rings is 1. The molecule has 0 unspecified atom stereocenters. The first-order chi connectivity index (χ1) is 11.9. The Kier molecular flexibility index (Phi) is 5.08. The molecule has 2 aromatic heterocycles. The molecule has 1 atom stereocenters. The van der Waals surface area contributed by atoms with Crippen molar-refractivity contribution in [2.75, 3.05) is 5.32 Å². The average molecular weight is 398 g/mol. The van der Waals surface area contributed by atoms with Crippen LogP contribution in [0.4, 0.5) is 5.13 Å². The van der Waals surface area contributed by atoms with Crippen molar-refractivity contribution in [3.63, 3.8) is 0 Å². The third kappa shape index (κ3) is 3.84. The predicted octanol–water partition coefficient (Wildman–Crippen LogP) is 2.09. The number of carbonyl (C=O) groups is 1. The van der Waals surface area contributed by atoms with Crippen LogP contribution in [0, 0.1) is 5.92 Å². The number of thiazole rings is 1. The standard InChI is InChI=1S/C14H15N5O3S3/c1-8(2)11(13(20)16-14-15-6-7-23-14)19-25(21,22)10-5-3-4-9-12(10)18-24-17-9/h3-8,11,19H,1-2H3,(H,15,16,20)/t11-/m0/s1. The average Bonchev–Trinajstić information content (AvgIpc) is 3.22. The van der Waals surface area contributed by atoms with Crippen LogP contribution in [0.3, 0.4) is 0 Å². The van der Waals surface area contributed by atoms with Gasteiger partial charge in [0.15, 0.2) is 5.13 Å². The summed E-state index contributed by atoms with van der Waals surface area (Å²) in [5, 5.41) is 4.76. The molecular weight excluding hydrogens is 382 g/mol. The summed E-state index contributed by atoms with van der Waals surface area (Å²) in [4.78, 5) is 16.5. The van der Waals surface area contributed by atoms with E-state index in [4.69, 9.17) is 0 Å². The summed E-state index contributed by atoms with van der Waals surface area (Å²) in [7, 11) is -3.95. The molecule has 3 aromatic rings. The molecule has 1 amide bonds. The highest BCUT2D eigenvalue weighted by atomic mass is 32.2. The van der Waals surface area contributed by atoms with Gasteiger partial charge in [-0.2, -0.15) is 13.5 Å². The van der Waals surface area contributed by atoms with Crippen molar-refractivity contribution < 1.29 is 13.2 Å². The molecule has 2 heterocycles. The molecule has 0 fully saturated rings. The summed E-state index contributed by atoms with van der Waals surface area (Å²) >= 11 is 2.20. The Balaban J connectivity index is 1.88. The molecule has 0 aliphatic carbocycles. The lowest BCUT2D eigenvalue weighted by atomic mass is 10.1. The minimum atomic E-state index is -3.95. The Morgan fingerprint density at radius 3 is 2.72 bits per heavy atom.